The van der Waals surface area contributed by atoms with E-state index in [1.165, 1.54) is 83.5 Å². The molecule has 0 bridgehead atoms. The Bertz CT molecular complexity index is 2800. The quantitative estimate of drug-likeness (QED) is 0.0146. The first-order valence-corrected chi connectivity index (χ1v) is 45.7. The van der Waals surface area contributed by atoms with E-state index < -0.39 is 91.5 Å². The maximum Gasteiger partial charge on any atom is 0.472 e. The van der Waals surface area contributed by atoms with E-state index in [2.05, 4.69) is 215 Å². The third kappa shape index (κ3) is 85.1. The number of carbonyl (C=O) groups is 3. The molecule has 0 saturated heterocycles. The number of ether oxygens (including phenoxy) is 3. The minimum absolute atomic E-state index is 0.0409. The predicted molar refractivity (Wildman–Crippen MR) is 463 cm³/mol. The number of aliphatic hydroxyl groups is 2. The number of esters is 3. The van der Waals surface area contributed by atoms with Crippen LogP contribution < -0.4 is 0 Å². The summed E-state index contributed by atoms with van der Waals surface area (Å²) in [6.45, 7) is 2.28. The van der Waals surface area contributed by atoms with Gasteiger partial charge in [-0.05, 0) is 161 Å². The Balaban J connectivity index is 4.68. The fourth-order valence-electron chi connectivity index (χ4n) is 10.9. The van der Waals surface area contributed by atoms with Gasteiger partial charge in [-0.2, -0.15) is 0 Å². The summed E-state index contributed by atoms with van der Waals surface area (Å²) in [5, 5.41) is 20.7. The number of unbranched alkanes of at least 4 members (excludes halogenated alkanes) is 24. The Morgan fingerprint density at radius 2 is 0.450 bits per heavy atom. The van der Waals surface area contributed by atoms with Crippen LogP contribution in [0.4, 0.5) is 0 Å². The molecule has 4 N–H and O–H groups in total. The molecule has 16 nitrogen and oxygen atoms in total. The Hall–Kier alpha value is -5.61. The van der Waals surface area contributed by atoms with Crippen LogP contribution in [0.25, 0.3) is 0 Å². The molecule has 0 amide bonds. The van der Waals surface area contributed by atoms with Gasteiger partial charge in [0.25, 0.3) is 0 Å². The molecule has 0 aromatic rings. The third-order valence-electron chi connectivity index (χ3n) is 17.3. The van der Waals surface area contributed by atoms with Gasteiger partial charge >= 0.3 is 33.6 Å². The molecule has 111 heavy (non-hydrogen) atoms. The second-order valence-electron chi connectivity index (χ2n) is 27.8. The van der Waals surface area contributed by atoms with Gasteiger partial charge < -0.3 is 34.2 Å². The lowest BCUT2D eigenvalue weighted by Crippen LogP contribution is -2.30. The van der Waals surface area contributed by atoms with Crippen molar-refractivity contribution >= 4 is 33.6 Å². The number of phosphoric acid groups is 2. The fraction of sp³-hybridized carbons (Fsp3) is 0.624. The SMILES string of the molecule is CC/C=C\C/C=C\C/C=C\C/C=C\C/C=C\C/C=C\CCCCC(=O)OC(COC(=O)CCCCCCCCCCC/C=C\C/C=C\C/C=C\C/C=C\C/C=C\CC)COP(=O)(O)OCC(O)COP(=O)(O)OCC(O)COC(=O)CCCCCCCCCCCCCCC/C=C\C/C=C\C/C=C\C/C=C\C/C=C\CC. The van der Waals surface area contributed by atoms with Gasteiger partial charge in [0.1, 0.15) is 25.4 Å². The van der Waals surface area contributed by atoms with Crippen molar-refractivity contribution in [2.75, 3.05) is 39.6 Å². The van der Waals surface area contributed by atoms with Gasteiger partial charge in [-0.15, -0.1) is 0 Å². The highest BCUT2D eigenvalue weighted by Gasteiger charge is 2.29. The van der Waals surface area contributed by atoms with E-state index in [0.29, 0.717) is 25.7 Å². The molecular formula is C93H152O16P2. The molecule has 5 unspecified atom stereocenters. The van der Waals surface area contributed by atoms with Gasteiger partial charge in [0.15, 0.2) is 6.10 Å². The monoisotopic (exact) mass is 1590 g/mol. The number of hydrogen-bond donors (Lipinski definition) is 4. The van der Waals surface area contributed by atoms with Crippen LogP contribution in [0.2, 0.25) is 0 Å². The van der Waals surface area contributed by atoms with Crippen molar-refractivity contribution < 1.29 is 75.8 Å². The summed E-state index contributed by atoms with van der Waals surface area (Å²) in [6, 6.07) is 0. The lowest BCUT2D eigenvalue weighted by Gasteiger charge is -2.21. The van der Waals surface area contributed by atoms with Crippen LogP contribution in [0.1, 0.15) is 316 Å². The number of rotatable bonds is 79. The number of carbonyl (C=O) groups excluding carboxylic acids is 3. The lowest BCUT2D eigenvalue weighted by atomic mass is 10.0. The molecule has 0 heterocycles. The number of aliphatic hydroxyl groups excluding tert-OH is 2. The van der Waals surface area contributed by atoms with Crippen LogP contribution in [-0.4, -0.2) is 95.9 Å². The second-order valence-corrected chi connectivity index (χ2v) is 30.7. The predicted octanol–water partition coefficient (Wildman–Crippen LogP) is 25.9. The van der Waals surface area contributed by atoms with Gasteiger partial charge in [-0.1, -0.05) is 331 Å². The number of hydrogen-bond acceptors (Lipinski definition) is 14. The Morgan fingerprint density at radius 1 is 0.252 bits per heavy atom. The molecule has 0 fully saturated rings. The summed E-state index contributed by atoms with van der Waals surface area (Å²) in [5.41, 5.74) is 0. The van der Waals surface area contributed by atoms with Crippen LogP contribution in [0.3, 0.4) is 0 Å². The van der Waals surface area contributed by atoms with Crippen molar-refractivity contribution in [1.29, 1.82) is 0 Å². The molecule has 0 aromatic heterocycles. The molecule has 18 heteroatoms. The van der Waals surface area contributed by atoms with Crippen molar-refractivity contribution in [3.8, 4) is 0 Å². The average molecular weight is 1590 g/mol. The summed E-state index contributed by atoms with van der Waals surface area (Å²) >= 11 is 0. The van der Waals surface area contributed by atoms with Crippen molar-refractivity contribution in [3.63, 3.8) is 0 Å². The highest BCUT2D eigenvalue weighted by Crippen LogP contribution is 2.45. The molecule has 0 rings (SSSR count). The number of phosphoric ester groups is 2. The Kier molecular flexibility index (Phi) is 79.6. The summed E-state index contributed by atoms with van der Waals surface area (Å²) in [6.07, 6.45) is 110. The number of allylic oxidation sites excluding steroid dienone is 32. The fourth-order valence-corrected chi connectivity index (χ4v) is 12.5. The van der Waals surface area contributed by atoms with E-state index in [0.717, 1.165) is 167 Å². The van der Waals surface area contributed by atoms with Crippen molar-refractivity contribution in [2.45, 2.75) is 334 Å². The molecule has 0 aliphatic heterocycles. The van der Waals surface area contributed by atoms with E-state index in [1.807, 2.05) is 0 Å². The zero-order valence-corrected chi connectivity index (χ0v) is 70.8. The van der Waals surface area contributed by atoms with E-state index >= 15 is 0 Å². The molecule has 0 saturated carbocycles. The normalized spacial score (nSPS) is 14.8. The molecule has 5 atom stereocenters. The van der Waals surface area contributed by atoms with Gasteiger partial charge in [-0.25, -0.2) is 9.13 Å². The lowest BCUT2D eigenvalue weighted by molar-refractivity contribution is -0.161. The first kappa shape index (κ1) is 105. The van der Waals surface area contributed by atoms with Crippen LogP contribution in [0.15, 0.2) is 194 Å². The Labute approximate surface area is 674 Å². The maximum absolute atomic E-state index is 13.0. The van der Waals surface area contributed by atoms with E-state index in [9.17, 15) is 43.5 Å². The van der Waals surface area contributed by atoms with Gasteiger partial charge in [-0.3, -0.25) is 32.5 Å². The van der Waals surface area contributed by atoms with Crippen LogP contribution in [0, 0.1) is 0 Å². The second kappa shape index (κ2) is 83.8. The van der Waals surface area contributed by atoms with Crippen molar-refractivity contribution in [1.82, 2.24) is 0 Å². The van der Waals surface area contributed by atoms with E-state index in [4.69, 9.17) is 32.3 Å². The Morgan fingerprint density at radius 3 is 0.730 bits per heavy atom. The van der Waals surface area contributed by atoms with Gasteiger partial charge in [0.2, 0.25) is 0 Å². The molecule has 0 aromatic carbocycles. The topological polar surface area (TPSA) is 231 Å². The third-order valence-corrected chi connectivity index (χ3v) is 19.2. The summed E-state index contributed by atoms with van der Waals surface area (Å²) in [4.78, 5) is 58.9. The van der Waals surface area contributed by atoms with Crippen LogP contribution in [-0.2, 0) is 55.8 Å². The molecule has 0 spiro atoms. The molecular weight excluding hydrogens is 1430 g/mol. The highest BCUT2D eigenvalue weighted by molar-refractivity contribution is 7.47. The molecule has 0 radical (unpaired) electrons. The molecule has 630 valence electrons. The smallest absolute Gasteiger partial charge is 0.463 e. The van der Waals surface area contributed by atoms with E-state index in [-0.39, 0.29) is 19.3 Å². The van der Waals surface area contributed by atoms with Gasteiger partial charge in [0, 0.05) is 19.3 Å². The van der Waals surface area contributed by atoms with Crippen LogP contribution >= 0.6 is 15.6 Å². The zero-order valence-electron chi connectivity index (χ0n) is 69.1. The largest absolute Gasteiger partial charge is 0.472 e. The van der Waals surface area contributed by atoms with Gasteiger partial charge in [0.05, 0.1) is 26.4 Å². The first-order chi connectivity index (χ1) is 54.2. The summed E-state index contributed by atoms with van der Waals surface area (Å²) < 4.78 is 61.3. The maximum atomic E-state index is 13.0. The zero-order chi connectivity index (χ0) is 80.8. The standard InChI is InChI=1S/C93H152O16P2/c1-4-7-10-13-16-19-22-25-28-31-34-37-39-41-42-43-44-46-48-50-52-55-58-61-64-67-70-73-76-79-91(96)103-82-88(94)83-105-110(99,100)106-84-89(95)85-107-111(101,102)108-87-90(109-93(98)81-78-75-72-69-66-63-60-57-54-49-36-33-30-27-24-21-18-15-12-9-6-3)86-104-92(97)80-77-74-71-68-65-62-59-56-53-51-47-45-40-38-35-32-29-26-23-20-17-14-11-8-5-2/h7-12,16-21,25-30,34-38,41-42,45,47,49,57,60,66,69,88-90,94-95H,4-6,13-15,22-24,31-33,39-40,43-44,46,48,50-56,58-59,61-65,67-68,70-87H2,1-3H3,(H,99,100)(H,101,102)/b10-7-,11-8-,12-9-,19-16-,20-17-,21-18-,28-25-,29-26-,30-27-,37-34-,38-35-,42-41-,47-45-,49-36-,60-57-,69-66-. The van der Waals surface area contributed by atoms with Crippen LogP contribution in [0.5, 0.6) is 0 Å². The summed E-state index contributed by atoms with van der Waals surface area (Å²) in [5.74, 6) is -1.64. The average Bonchev–Trinajstić information content (AvgIpc) is 0.903. The van der Waals surface area contributed by atoms with E-state index in [1.54, 1.807) is 0 Å². The minimum atomic E-state index is -4.96. The van der Waals surface area contributed by atoms with Crippen molar-refractivity contribution in [2.24, 2.45) is 0 Å². The summed E-state index contributed by atoms with van der Waals surface area (Å²) in [7, 11) is -9.83. The molecule has 0 aliphatic carbocycles. The highest BCUT2D eigenvalue weighted by atomic mass is 31.2. The molecule has 0 aliphatic rings. The minimum Gasteiger partial charge on any atom is -0.463 e. The van der Waals surface area contributed by atoms with Crippen molar-refractivity contribution in [3.05, 3.63) is 194 Å². The first-order valence-electron chi connectivity index (χ1n) is 42.7.